The van der Waals surface area contributed by atoms with E-state index in [0.717, 1.165) is 18.4 Å². The maximum atomic E-state index is 12.7. The maximum Gasteiger partial charge on any atom is 0.408 e. The number of methoxy groups -OCH3 is 1. The topological polar surface area (TPSA) is 93.7 Å². The quantitative estimate of drug-likeness (QED) is 0.564. The maximum absolute atomic E-state index is 12.7. The van der Waals surface area contributed by atoms with Crippen molar-refractivity contribution in [1.29, 1.82) is 0 Å². The second-order valence-corrected chi connectivity index (χ2v) is 7.11. The predicted molar refractivity (Wildman–Crippen MR) is 106 cm³/mol. The number of rotatable bonds is 11. The number of alkyl carbamates (subject to hydrolysis) is 1. The Kier molecular flexibility index (Phi) is 10.7. The number of carbonyl (C=O) groups excluding carboxylic acids is 3. The lowest BCUT2D eigenvalue weighted by molar-refractivity contribution is -0.145. The first-order valence-corrected chi connectivity index (χ1v) is 9.72. The van der Waals surface area contributed by atoms with E-state index in [9.17, 15) is 14.4 Å². The van der Waals surface area contributed by atoms with Crippen LogP contribution in [0.4, 0.5) is 4.79 Å². The normalized spacial score (nSPS) is 12.8. The summed E-state index contributed by atoms with van der Waals surface area (Å²) in [5, 5.41) is 5.32. The zero-order valence-corrected chi connectivity index (χ0v) is 17.2. The molecule has 0 saturated heterocycles. The van der Waals surface area contributed by atoms with Gasteiger partial charge in [0, 0.05) is 0 Å². The Morgan fingerprint density at radius 3 is 2.29 bits per heavy atom. The number of amides is 2. The fourth-order valence-corrected chi connectivity index (χ4v) is 2.68. The van der Waals surface area contributed by atoms with E-state index in [1.54, 1.807) is 0 Å². The van der Waals surface area contributed by atoms with E-state index in [0.29, 0.717) is 12.8 Å². The number of carbonyl (C=O) groups is 3. The van der Waals surface area contributed by atoms with E-state index in [1.807, 2.05) is 51.1 Å². The Balaban J connectivity index is 2.69. The molecule has 2 N–H and O–H groups in total. The van der Waals surface area contributed by atoms with Crippen LogP contribution in [0.3, 0.4) is 0 Å². The van der Waals surface area contributed by atoms with Gasteiger partial charge in [0.05, 0.1) is 7.11 Å². The van der Waals surface area contributed by atoms with Crippen LogP contribution in [0.15, 0.2) is 30.3 Å². The number of nitrogens with one attached hydrogen (secondary N) is 2. The van der Waals surface area contributed by atoms with Gasteiger partial charge in [0.1, 0.15) is 18.7 Å². The highest BCUT2D eigenvalue weighted by Crippen LogP contribution is 2.09. The molecule has 0 radical (unpaired) electrons. The van der Waals surface area contributed by atoms with Crippen molar-refractivity contribution >= 4 is 18.0 Å². The number of hydrogen-bond acceptors (Lipinski definition) is 5. The first-order chi connectivity index (χ1) is 13.4. The van der Waals surface area contributed by atoms with Gasteiger partial charge in [-0.05, 0) is 24.3 Å². The first kappa shape index (κ1) is 23.5. The zero-order valence-electron chi connectivity index (χ0n) is 17.2. The van der Waals surface area contributed by atoms with Crippen molar-refractivity contribution in [1.82, 2.24) is 10.6 Å². The van der Waals surface area contributed by atoms with Crippen LogP contribution >= 0.6 is 0 Å². The number of unbranched alkanes of at least 4 members (excludes halogenated alkanes) is 1. The molecule has 0 aromatic heterocycles. The number of esters is 1. The van der Waals surface area contributed by atoms with Gasteiger partial charge in [-0.25, -0.2) is 9.59 Å². The van der Waals surface area contributed by atoms with Crippen LogP contribution in [-0.4, -0.2) is 37.2 Å². The third-order valence-corrected chi connectivity index (χ3v) is 4.18. The van der Waals surface area contributed by atoms with Crippen LogP contribution in [0, 0.1) is 5.92 Å². The molecule has 7 nitrogen and oxygen atoms in total. The summed E-state index contributed by atoms with van der Waals surface area (Å²) in [5.74, 6) is -0.716. The van der Waals surface area contributed by atoms with Gasteiger partial charge >= 0.3 is 12.1 Å². The van der Waals surface area contributed by atoms with Gasteiger partial charge in [0.2, 0.25) is 5.91 Å². The largest absolute Gasteiger partial charge is 0.467 e. The number of hydrogen-bond donors (Lipinski definition) is 2. The smallest absolute Gasteiger partial charge is 0.408 e. The van der Waals surface area contributed by atoms with E-state index in [4.69, 9.17) is 9.47 Å². The second-order valence-electron chi connectivity index (χ2n) is 7.11. The third-order valence-electron chi connectivity index (χ3n) is 4.18. The minimum atomic E-state index is -0.775. The van der Waals surface area contributed by atoms with Gasteiger partial charge in [-0.15, -0.1) is 0 Å². The minimum Gasteiger partial charge on any atom is -0.467 e. The highest BCUT2D eigenvalue weighted by Gasteiger charge is 2.27. The van der Waals surface area contributed by atoms with Gasteiger partial charge < -0.3 is 20.1 Å². The molecule has 0 unspecified atom stereocenters. The van der Waals surface area contributed by atoms with Crippen LogP contribution in [-0.2, 0) is 25.7 Å². The molecular weight excluding hydrogens is 360 g/mol. The molecule has 0 aliphatic rings. The Hall–Kier alpha value is -2.57. The molecule has 0 aliphatic carbocycles. The van der Waals surface area contributed by atoms with Crippen LogP contribution in [0.25, 0.3) is 0 Å². The molecule has 156 valence electrons. The van der Waals surface area contributed by atoms with Gasteiger partial charge in [-0.1, -0.05) is 63.9 Å². The fraction of sp³-hybridized carbons (Fsp3) is 0.571. The van der Waals surface area contributed by atoms with E-state index >= 15 is 0 Å². The molecule has 2 amide bonds. The van der Waals surface area contributed by atoms with Gasteiger partial charge in [-0.2, -0.15) is 0 Å². The van der Waals surface area contributed by atoms with E-state index < -0.39 is 30.1 Å². The summed E-state index contributed by atoms with van der Waals surface area (Å²) in [5.41, 5.74) is 0.856. The zero-order chi connectivity index (χ0) is 20.9. The molecule has 0 bridgehead atoms. The van der Waals surface area contributed by atoms with Crippen LogP contribution in [0.5, 0.6) is 0 Å². The molecule has 0 heterocycles. The van der Waals surface area contributed by atoms with Crippen molar-refractivity contribution in [3.05, 3.63) is 35.9 Å². The van der Waals surface area contributed by atoms with Gasteiger partial charge in [-0.3, -0.25) is 4.79 Å². The second kappa shape index (κ2) is 12.8. The Morgan fingerprint density at radius 1 is 1.04 bits per heavy atom. The highest BCUT2D eigenvalue weighted by molar-refractivity contribution is 5.89. The number of ether oxygens (including phenoxy) is 2. The average molecular weight is 392 g/mol. The van der Waals surface area contributed by atoms with Crippen molar-refractivity contribution in [2.45, 2.75) is 65.1 Å². The number of benzene rings is 1. The average Bonchev–Trinajstić information content (AvgIpc) is 2.68. The van der Waals surface area contributed by atoms with Crippen molar-refractivity contribution in [3.63, 3.8) is 0 Å². The van der Waals surface area contributed by atoms with E-state index in [-0.39, 0.29) is 12.5 Å². The van der Waals surface area contributed by atoms with Crippen molar-refractivity contribution < 1.29 is 23.9 Å². The lowest BCUT2D eigenvalue weighted by Gasteiger charge is -2.23. The summed E-state index contributed by atoms with van der Waals surface area (Å²) in [6.07, 6.45) is 1.87. The van der Waals surface area contributed by atoms with Crippen LogP contribution in [0.2, 0.25) is 0 Å². The van der Waals surface area contributed by atoms with Crippen LogP contribution < -0.4 is 10.6 Å². The van der Waals surface area contributed by atoms with Gasteiger partial charge in [0.15, 0.2) is 0 Å². The van der Waals surface area contributed by atoms with Crippen molar-refractivity contribution in [2.75, 3.05) is 7.11 Å². The summed E-state index contributed by atoms with van der Waals surface area (Å²) < 4.78 is 9.98. The predicted octanol–water partition coefficient (Wildman–Crippen LogP) is 3.18. The van der Waals surface area contributed by atoms with Crippen molar-refractivity contribution in [3.8, 4) is 0 Å². The van der Waals surface area contributed by atoms with Gasteiger partial charge in [0.25, 0.3) is 0 Å². The molecule has 1 aromatic rings. The molecule has 0 aliphatic heterocycles. The van der Waals surface area contributed by atoms with Crippen LogP contribution in [0.1, 0.15) is 52.0 Å². The van der Waals surface area contributed by atoms with E-state index in [1.165, 1.54) is 7.11 Å². The highest BCUT2D eigenvalue weighted by atomic mass is 16.5. The Morgan fingerprint density at radius 2 is 1.71 bits per heavy atom. The molecule has 0 fully saturated rings. The Labute approximate surface area is 167 Å². The Bertz CT molecular complexity index is 618. The summed E-state index contributed by atoms with van der Waals surface area (Å²) in [6, 6.07) is 7.77. The van der Waals surface area contributed by atoms with Crippen molar-refractivity contribution in [2.24, 2.45) is 5.92 Å². The standard InChI is InChI=1S/C21H32N2O5/c1-5-6-12-17(19(24)22-18(13-15(2)3)20(25)27-4)23-21(26)28-14-16-10-8-7-9-11-16/h7-11,15,17-18H,5-6,12-14H2,1-4H3,(H,22,24)(H,23,26)/t17-,18+/m1/s1. The fourth-order valence-electron chi connectivity index (χ4n) is 2.68. The molecule has 1 aromatic carbocycles. The molecule has 1 rings (SSSR count). The summed E-state index contributed by atoms with van der Waals surface area (Å²) >= 11 is 0. The molecule has 0 saturated carbocycles. The summed E-state index contributed by atoms with van der Waals surface area (Å²) in [6.45, 7) is 6.03. The lowest BCUT2D eigenvalue weighted by Crippen LogP contribution is -2.52. The molecule has 28 heavy (non-hydrogen) atoms. The summed E-state index contributed by atoms with van der Waals surface area (Å²) in [4.78, 5) is 36.8. The molecule has 7 heteroatoms. The monoisotopic (exact) mass is 392 g/mol. The van der Waals surface area contributed by atoms with E-state index in [2.05, 4.69) is 10.6 Å². The lowest BCUT2D eigenvalue weighted by atomic mass is 10.0. The molecular formula is C21H32N2O5. The first-order valence-electron chi connectivity index (χ1n) is 9.72. The summed E-state index contributed by atoms with van der Waals surface area (Å²) in [7, 11) is 1.29. The minimum absolute atomic E-state index is 0.118. The third kappa shape index (κ3) is 8.88. The molecule has 2 atom stereocenters. The SMILES string of the molecule is CCCC[C@@H](NC(=O)OCc1ccccc1)C(=O)N[C@@H](CC(C)C)C(=O)OC. The molecule has 0 spiro atoms.